The van der Waals surface area contributed by atoms with E-state index < -0.39 is 11.6 Å². The Kier molecular flexibility index (Phi) is 10.5. The van der Waals surface area contributed by atoms with Crippen LogP contribution in [0.15, 0.2) is 42.7 Å². The molecule has 3 aliphatic heterocycles. The second-order valence-corrected chi connectivity index (χ2v) is 14.8. The van der Waals surface area contributed by atoms with Crippen molar-refractivity contribution < 1.29 is 32.7 Å². The predicted molar refractivity (Wildman–Crippen MR) is 192 cm³/mol. The van der Waals surface area contributed by atoms with Crippen LogP contribution in [-0.4, -0.2) is 132 Å². The van der Waals surface area contributed by atoms with E-state index in [2.05, 4.69) is 5.10 Å². The van der Waals surface area contributed by atoms with E-state index in [1.165, 1.54) is 0 Å². The second-order valence-electron chi connectivity index (χ2n) is 14.4. The molecular weight excluding hydrogens is 680 g/mol. The number of hydrogen-bond donors (Lipinski definition) is 1. The highest BCUT2D eigenvalue weighted by Gasteiger charge is 2.47. The van der Waals surface area contributed by atoms with Crippen LogP contribution in [0.4, 0.5) is 14.5 Å². The van der Waals surface area contributed by atoms with Crippen molar-refractivity contribution >= 4 is 34.8 Å². The first-order valence-electron chi connectivity index (χ1n) is 17.3. The molecule has 0 saturated carbocycles. The van der Waals surface area contributed by atoms with Gasteiger partial charge in [0.25, 0.3) is 11.8 Å². The van der Waals surface area contributed by atoms with Crippen LogP contribution in [0.3, 0.4) is 0 Å². The number of quaternary nitrogens is 1. The van der Waals surface area contributed by atoms with Gasteiger partial charge in [0.1, 0.15) is 6.17 Å². The van der Waals surface area contributed by atoms with E-state index in [1.54, 1.807) is 66.3 Å². The molecule has 4 heterocycles. The molecule has 2 fully saturated rings. The van der Waals surface area contributed by atoms with E-state index in [4.69, 9.17) is 16.3 Å². The summed E-state index contributed by atoms with van der Waals surface area (Å²) in [5.74, 6) is -1.93. The van der Waals surface area contributed by atoms with E-state index in [0.29, 0.717) is 78.4 Å². The van der Waals surface area contributed by atoms with Gasteiger partial charge < -0.3 is 33.9 Å². The number of aryl methyl sites for hydroxylation is 1. The Hall–Kier alpha value is -4.04. The number of benzene rings is 2. The van der Waals surface area contributed by atoms with Crippen LogP contribution in [0.2, 0.25) is 5.02 Å². The third-order valence-corrected chi connectivity index (χ3v) is 11.1. The van der Waals surface area contributed by atoms with E-state index >= 15 is 8.78 Å². The van der Waals surface area contributed by atoms with Crippen molar-refractivity contribution in [3.05, 3.63) is 76.2 Å². The fraction of sp³-hybridized carbons (Fsp3) is 0.486. The summed E-state index contributed by atoms with van der Waals surface area (Å²) in [7, 11) is 7.46. The average molecular weight is 727 g/mol. The average Bonchev–Trinajstić information content (AvgIpc) is 3.75. The number of likely N-dealkylation sites (tertiary alicyclic amines) is 1. The molecule has 2 aromatic carbocycles. The first kappa shape index (κ1) is 36.7. The van der Waals surface area contributed by atoms with Crippen LogP contribution in [0, 0.1) is 24.5 Å². The molecule has 0 spiro atoms. The standard InChI is InChI=1S/C37H47ClF2N7O4/c1-23-30(19-45(41-23)15-16-51-6)27-9-10-29(35(40)34(27)39)32-20-46(24(2)42(32)3)26-7-8-28(31(38)18-26)36(49)43-11-13-44(14-12-43)37(50)33-17-25(22-48)21-47(33,4)5/h7-10,18-20,24-25,33,48H,11-17,21-22H2,1-6H3/q+1/t24?,25?,33-/m0/s1. The number of amides is 2. The van der Waals surface area contributed by atoms with E-state index in [0.717, 1.165) is 6.54 Å². The van der Waals surface area contributed by atoms with Gasteiger partial charge in [0, 0.05) is 87.4 Å². The van der Waals surface area contributed by atoms with Crippen LogP contribution in [0.5, 0.6) is 0 Å². The van der Waals surface area contributed by atoms with Gasteiger partial charge in [-0.2, -0.15) is 5.10 Å². The van der Waals surface area contributed by atoms with E-state index in [-0.39, 0.29) is 52.7 Å². The number of halogens is 3. The molecule has 2 saturated heterocycles. The molecule has 274 valence electrons. The van der Waals surface area contributed by atoms with Crippen LogP contribution in [0.25, 0.3) is 16.8 Å². The maximum Gasteiger partial charge on any atom is 0.281 e. The number of aliphatic hydroxyl groups is 1. The van der Waals surface area contributed by atoms with Crippen molar-refractivity contribution in [2.75, 3.05) is 79.1 Å². The summed E-state index contributed by atoms with van der Waals surface area (Å²) >= 11 is 6.73. The molecule has 6 rings (SSSR count). The third kappa shape index (κ3) is 6.96. The molecule has 0 aliphatic carbocycles. The van der Waals surface area contributed by atoms with Gasteiger partial charge in [-0.05, 0) is 38.1 Å². The zero-order chi connectivity index (χ0) is 36.8. The number of aromatic nitrogens is 2. The first-order valence-corrected chi connectivity index (χ1v) is 17.7. The van der Waals surface area contributed by atoms with Crippen LogP contribution < -0.4 is 4.90 Å². The topological polar surface area (TPSA) is 94.4 Å². The molecule has 3 aliphatic rings. The number of piperazine rings is 1. The van der Waals surface area contributed by atoms with E-state index in [1.807, 2.05) is 42.8 Å². The Bertz CT molecular complexity index is 1840. The number of ether oxygens (including phenoxy) is 1. The SMILES string of the molecule is COCCn1cc(-c2ccc(C3=CN(c4ccc(C(=O)N5CCN(C(=O)[C@@H]6CC(CO)C[N+]6(C)C)CC5)c(Cl)c4)C(C)N3C)c(F)c2F)c(C)n1. The summed E-state index contributed by atoms with van der Waals surface area (Å²) in [6, 6.07) is 8.15. The van der Waals surface area contributed by atoms with Gasteiger partial charge in [-0.1, -0.05) is 17.7 Å². The normalized spacial score (nSPS) is 21.8. The van der Waals surface area contributed by atoms with Crippen LogP contribution in [-0.2, 0) is 16.1 Å². The lowest BCUT2D eigenvalue weighted by atomic mass is 10.0. The third-order valence-electron chi connectivity index (χ3n) is 10.8. The monoisotopic (exact) mass is 726 g/mol. The number of aliphatic hydroxyl groups excluding tert-OH is 1. The summed E-state index contributed by atoms with van der Waals surface area (Å²) in [4.78, 5) is 34.3. The summed E-state index contributed by atoms with van der Waals surface area (Å²) in [5.41, 5.74) is 2.90. The van der Waals surface area contributed by atoms with E-state index in [9.17, 15) is 14.7 Å². The largest absolute Gasteiger partial charge is 0.396 e. The summed E-state index contributed by atoms with van der Waals surface area (Å²) in [5, 5.41) is 14.3. The number of methoxy groups -OCH3 is 1. The van der Waals surface area contributed by atoms with Gasteiger partial charge in [-0.25, -0.2) is 8.78 Å². The number of carbonyl (C=O) groups excluding carboxylic acids is 2. The molecule has 1 N–H and O–H groups in total. The summed E-state index contributed by atoms with van der Waals surface area (Å²) in [6.45, 7) is 7.13. The van der Waals surface area contributed by atoms with Gasteiger partial charge in [-0.15, -0.1) is 0 Å². The van der Waals surface area contributed by atoms with Crippen molar-refractivity contribution in [1.82, 2.24) is 24.5 Å². The van der Waals surface area contributed by atoms with Gasteiger partial charge >= 0.3 is 0 Å². The Morgan fingerprint density at radius 2 is 1.71 bits per heavy atom. The van der Waals surface area contributed by atoms with Crippen molar-refractivity contribution in [2.45, 2.75) is 39.0 Å². The lowest BCUT2D eigenvalue weighted by Crippen LogP contribution is -2.58. The van der Waals surface area contributed by atoms with Crippen LogP contribution in [0.1, 0.15) is 35.0 Å². The van der Waals surface area contributed by atoms with Gasteiger partial charge in [0.2, 0.25) is 0 Å². The Morgan fingerprint density at radius 1 is 1.04 bits per heavy atom. The van der Waals surface area contributed by atoms with Gasteiger partial charge in [0.05, 0.1) is 62.4 Å². The highest BCUT2D eigenvalue weighted by molar-refractivity contribution is 6.34. The molecule has 2 unspecified atom stereocenters. The smallest absolute Gasteiger partial charge is 0.281 e. The maximum absolute atomic E-state index is 15.8. The minimum Gasteiger partial charge on any atom is -0.396 e. The molecule has 0 bridgehead atoms. The molecule has 51 heavy (non-hydrogen) atoms. The second kappa shape index (κ2) is 14.5. The first-order chi connectivity index (χ1) is 24.2. The molecule has 0 radical (unpaired) electrons. The lowest BCUT2D eigenvalue weighted by Gasteiger charge is -2.38. The Balaban J connectivity index is 1.15. The minimum atomic E-state index is -0.954. The van der Waals surface area contributed by atoms with Crippen LogP contribution >= 0.6 is 11.6 Å². The molecule has 14 heteroatoms. The highest BCUT2D eigenvalue weighted by Crippen LogP contribution is 2.38. The minimum absolute atomic E-state index is 0.0712. The van der Waals surface area contributed by atoms with Crippen molar-refractivity contribution in [2.24, 2.45) is 5.92 Å². The highest BCUT2D eigenvalue weighted by atomic mass is 35.5. The number of rotatable bonds is 9. The van der Waals surface area contributed by atoms with Gasteiger partial charge in [-0.3, -0.25) is 14.3 Å². The quantitative estimate of drug-likeness (QED) is 0.330. The summed E-state index contributed by atoms with van der Waals surface area (Å²) < 4.78 is 38.7. The van der Waals surface area contributed by atoms with Crippen molar-refractivity contribution in [3.8, 4) is 11.1 Å². The zero-order valence-electron chi connectivity index (χ0n) is 30.1. The number of carbonyl (C=O) groups is 2. The summed E-state index contributed by atoms with van der Waals surface area (Å²) in [6.07, 6.45) is 3.85. The lowest BCUT2D eigenvalue weighted by molar-refractivity contribution is -0.894. The Labute approximate surface area is 302 Å². The Morgan fingerprint density at radius 3 is 2.35 bits per heavy atom. The predicted octanol–water partition coefficient (Wildman–Crippen LogP) is 4.27. The molecule has 11 nitrogen and oxygen atoms in total. The number of anilines is 1. The zero-order valence-corrected chi connectivity index (χ0v) is 30.8. The fourth-order valence-electron chi connectivity index (χ4n) is 7.65. The van der Waals surface area contributed by atoms with Crippen molar-refractivity contribution in [3.63, 3.8) is 0 Å². The number of nitrogens with zero attached hydrogens (tertiary/aromatic N) is 7. The van der Waals surface area contributed by atoms with Gasteiger partial charge in [0.15, 0.2) is 17.7 Å². The molecule has 2 amide bonds. The maximum atomic E-state index is 15.8. The number of likely N-dealkylation sites (N-methyl/N-ethyl adjacent to an activating group) is 1. The van der Waals surface area contributed by atoms with Crippen molar-refractivity contribution in [1.29, 1.82) is 0 Å². The molecule has 3 atom stereocenters. The molecular formula is C37H47ClF2N7O4+. The molecule has 1 aromatic heterocycles. The number of hydrogen-bond acceptors (Lipinski definition) is 7. The fourth-order valence-corrected chi connectivity index (χ4v) is 7.91. The molecule has 3 aromatic rings.